The zero-order valence-corrected chi connectivity index (χ0v) is 12.6. The summed E-state index contributed by atoms with van der Waals surface area (Å²) in [5.74, 6) is 1.35. The molecule has 3 rings (SSSR count). The predicted molar refractivity (Wildman–Crippen MR) is 90.1 cm³/mol. The van der Waals surface area contributed by atoms with Gasteiger partial charge in [-0.15, -0.1) is 0 Å². The van der Waals surface area contributed by atoms with Crippen LogP contribution in [-0.4, -0.2) is 24.3 Å². The summed E-state index contributed by atoms with van der Waals surface area (Å²) in [6.07, 6.45) is 5.74. The molecule has 3 unspecified atom stereocenters. The molecular formula is C18H23N3. The van der Waals surface area contributed by atoms with Crippen molar-refractivity contribution in [1.82, 2.24) is 4.98 Å². The summed E-state index contributed by atoms with van der Waals surface area (Å²) in [5, 5.41) is 4.88. The molecule has 0 bridgehead atoms. The number of benzene rings is 1. The van der Waals surface area contributed by atoms with E-state index in [-0.39, 0.29) is 0 Å². The average molecular weight is 281 g/mol. The molecule has 1 saturated carbocycles. The smallest absolute Gasteiger partial charge is 0.0933 e. The number of aromatic nitrogens is 1. The molecule has 1 N–H and O–H groups in total. The number of hydrogen-bond acceptors (Lipinski definition) is 3. The van der Waals surface area contributed by atoms with Gasteiger partial charge < -0.3 is 10.3 Å². The number of nitrogens with one attached hydrogen (secondary N) is 1. The quantitative estimate of drug-likeness (QED) is 0.836. The number of hydrogen-bond donors (Lipinski definition) is 1. The SMILES string of the molecule is C=NCC1CCCC1C(C)Nc1cccc2cccnc12. The van der Waals surface area contributed by atoms with Crippen molar-refractivity contribution in [2.45, 2.75) is 32.2 Å². The van der Waals surface area contributed by atoms with Crippen LogP contribution in [0.3, 0.4) is 0 Å². The van der Waals surface area contributed by atoms with E-state index in [4.69, 9.17) is 0 Å². The Morgan fingerprint density at radius 2 is 2.19 bits per heavy atom. The van der Waals surface area contributed by atoms with Crippen LogP contribution in [0.2, 0.25) is 0 Å². The Labute approximate surface area is 126 Å². The van der Waals surface area contributed by atoms with Crippen LogP contribution in [0.5, 0.6) is 0 Å². The lowest BCUT2D eigenvalue weighted by Crippen LogP contribution is -2.30. The Kier molecular flexibility index (Phi) is 4.18. The monoisotopic (exact) mass is 281 g/mol. The Morgan fingerprint density at radius 3 is 3.05 bits per heavy atom. The highest BCUT2D eigenvalue weighted by Crippen LogP contribution is 2.36. The Bertz CT molecular complexity index is 617. The number of fused-ring (bicyclic) bond motifs is 1. The number of para-hydroxylation sites is 1. The molecule has 3 nitrogen and oxygen atoms in total. The molecule has 21 heavy (non-hydrogen) atoms. The van der Waals surface area contributed by atoms with Gasteiger partial charge >= 0.3 is 0 Å². The normalized spacial score (nSPS) is 23.1. The standard InChI is InChI=1S/C18H23N3/c1-13(16-9-3-7-15(16)12-19-2)21-17-10-4-6-14-8-5-11-20-18(14)17/h4-6,8,10-11,13,15-16,21H,2-3,7,9,12H2,1H3. The fourth-order valence-corrected chi connectivity index (χ4v) is 3.69. The summed E-state index contributed by atoms with van der Waals surface area (Å²) in [6, 6.07) is 10.9. The van der Waals surface area contributed by atoms with Crippen molar-refractivity contribution in [3.63, 3.8) is 0 Å². The molecule has 0 spiro atoms. The molecule has 1 aliphatic carbocycles. The first-order valence-electron chi connectivity index (χ1n) is 7.82. The molecular weight excluding hydrogens is 258 g/mol. The van der Waals surface area contributed by atoms with Gasteiger partial charge in [0.1, 0.15) is 0 Å². The summed E-state index contributed by atoms with van der Waals surface area (Å²) >= 11 is 0. The molecule has 0 aliphatic heterocycles. The number of rotatable bonds is 5. The Balaban J connectivity index is 1.80. The van der Waals surface area contributed by atoms with Crippen LogP contribution in [-0.2, 0) is 0 Å². The highest BCUT2D eigenvalue weighted by Gasteiger charge is 2.31. The van der Waals surface area contributed by atoms with E-state index in [0.717, 1.165) is 17.7 Å². The van der Waals surface area contributed by atoms with E-state index < -0.39 is 0 Å². The topological polar surface area (TPSA) is 37.3 Å². The average Bonchev–Trinajstić information content (AvgIpc) is 2.96. The molecule has 0 saturated heterocycles. The lowest BCUT2D eigenvalue weighted by molar-refractivity contribution is 0.360. The Morgan fingerprint density at radius 1 is 1.33 bits per heavy atom. The van der Waals surface area contributed by atoms with Crippen LogP contribution in [0.4, 0.5) is 5.69 Å². The van der Waals surface area contributed by atoms with E-state index in [0.29, 0.717) is 17.9 Å². The highest BCUT2D eigenvalue weighted by molar-refractivity contribution is 5.90. The molecule has 1 aliphatic rings. The summed E-state index contributed by atoms with van der Waals surface area (Å²) < 4.78 is 0. The molecule has 3 atom stereocenters. The van der Waals surface area contributed by atoms with Gasteiger partial charge in [-0.05, 0) is 50.5 Å². The second-order valence-corrected chi connectivity index (χ2v) is 6.07. The third kappa shape index (κ3) is 2.92. The van der Waals surface area contributed by atoms with E-state index in [1.165, 1.54) is 24.6 Å². The summed E-state index contributed by atoms with van der Waals surface area (Å²) in [4.78, 5) is 8.64. The molecule has 110 valence electrons. The van der Waals surface area contributed by atoms with Crippen molar-refractivity contribution in [1.29, 1.82) is 0 Å². The minimum atomic E-state index is 0.437. The van der Waals surface area contributed by atoms with Crippen LogP contribution in [0.25, 0.3) is 10.9 Å². The van der Waals surface area contributed by atoms with Crippen molar-refractivity contribution in [2.75, 3.05) is 11.9 Å². The van der Waals surface area contributed by atoms with Crippen molar-refractivity contribution >= 4 is 23.3 Å². The fraction of sp³-hybridized carbons (Fsp3) is 0.444. The zero-order valence-electron chi connectivity index (χ0n) is 12.6. The van der Waals surface area contributed by atoms with E-state index in [1.807, 2.05) is 12.3 Å². The van der Waals surface area contributed by atoms with Crippen molar-refractivity contribution in [3.8, 4) is 0 Å². The first-order chi connectivity index (χ1) is 10.3. The lowest BCUT2D eigenvalue weighted by atomic mass is 9.89. The minimum Gasteiger partial charge on any atom is -0.381 e. The number of pyridine rings is 1. The van der Waals surface area contributed by atoms with Gasteiger partial charge in [0.2, 0.25) is 0 Å². The van der Waals surface area contributed by atoms with Gasteiger partial charge in [0, 0.05) is 24.2 Å². The van der Waals surface area contributed by atoms with E-state index in [9.17, 15) is 0 Å². The molecule has 1 heterocycles. The molecule has 2 aromatic rings. The molecule has 1 aromatic carbocycles. The minimum absolute atomic E-state index is 0.437. The second-order valence-electron chi connectivity index (χ2n) is 6.07. The first-order valence-corrected chi connectivity index (χ1v) is 7.82. The van der Waals surface area contributed by atoms with E-state index in [1.54, 1.807) is 0 Å². The van der Waals surface area contributed by atoms with Gasteiger partial charge in [0.05, 0.1) is 11.2 Å². The molecule has 1 aromatic heterocycles. The van der Waals surface area contributed by atoms with Crippen LogP contribution in [0.1, 0.15) is 26.2 Å². The summed E-state index contributed by atoms with van der Waals surface area (Å²) in [6.45, 7) is 6.84. The molecule has 0 amide bonds. The molecule has 1 fully saturated rings. The third-order valence-corrected chi connectivity index (χ3v) is 4.74. The van der Waals surface area contributed by atoms with Crippen LogP contribution in [0, 0.1) is 11.8 Å². The van der Waals surface area contributed by atoms with Gasteiger partial charge in [-0.1, -0.05) is 24.6 Å². The van der Waals surface area contributed by atoms with Gasteiger partial charge in [-0.2, -0.15) is 0 Å². The largest absolute Gasteiger partial charge is 0.381 e. The number of nitrogens with zero attached hydrogens (tertiary/aromatic N) is 2. The van der Waals surface area contributed by atoms with Crippen LogP contribution >= 0.6 is 0 Å². The van der Waals surface area contributed by atoms with Crippen LogP contribution in [0.15, 0.2) is 41.5 Å². The van der Waals surface area contributed by atoms with Crippen molar-refractivity contribution in [3.05, 3.63) is 36.5 Å². The summed E-state index contributed by atoms with van der Waals surface area (Å²) in [5.41, 5.74) is 2.20. The van der Waals surface area contributed by atoms with Crippen molar-refractivity contribution < 1.29 is 0 Å². The highest BCUT2D eigenvalue weighted by atomic mass is 14.9. The van der Waals surface area contributed by atoms with Gasteiger partial charge in [0.15, 0.2) is 0 Å². The maximum Gasteiger partial charge on any atom is 0.0933 e. The van der Waals surface area contributed by atoms with Gasteiger partial charge in [-0.25, -0.2) is 0 Å². The van der Waals surface area contributed by atoms with Gasteiger partial charge in [-0.3, -0.25) is 4.98 Å². The van der Waals surface area contributed by atoms with Gasteiger partial charge in [0.25, 0.3) is 0 Å². The maximum atomic E-state index is 4.53. The number of anilines is 1. The third-order valence-electron chi connectivity index (χ3n) is 4.74. The van der Waals surface area contributed by atoms with E-state index in [2.05, 4.69) is 53.2 Å². The predicted octanol–water partition coefficient (Wildman–Crippen LogP) is 4.15. The number of aliphatic imine (C=N–C) groups is 1. The van der Waals surface area contributed by atoms with Crippen LogP contribution < -0.4 is 5.32 Å². The maximum absolute atomic E-state index is 4.53. The Hall–Kier alpha value is -1.90. The van der Waals surface area contributed by atoms with Crippen molar-refractivity contribution in [2.24, 2.45) is 16.8 Å². The first kappa shape index (κ1) is 14.1. The molecule has 0 radical (unpaired) electrons. The molecule has 3 heteroatoms. The summed E-state index contributed by atoms with van der Waals surface area (Å²) in [7, 11) is 0. The van der Waals surface area contributed by atoms with E-state index >= 15 is 0 Å². The zero-order chi connectivity index (χ0) is 14.7. The fourth-order valence-electron chi connectivity index (χ4n) is 3.69. The lowest BCUT2D eigenvalue weighted by Gasteiger charge is -2.27. The second kappa shape index (κ2) is 6.25.